The smallest absolute Gasteiger partial charge is 0.292 e. The molecular weight excluding hydrogens is 278 g/mol. The van der Waals surface area contributed by atoms with Crippen LogP contribution in [0.25, 0.3) is 0 Å². The van der Waals surface area contributed by atoms with Crippen LogP contribution >= 0.6 is 11.8 Å². The highest BCUT2D eigenvalue weighted by Crippen LogP contribution is 2.35. The van der Waals surface area contributed by atoms with Gasteiger partial charge >= 0.3 is 0 Å². The first-order chi connectivity index (χ1) is 9.32. The number of carbonyl (C=O) groups is 1. The summed E-state index contributed by atoms with van der Waals surface area (Å²) in [6, 6.07) is 3.12. The molecule has 0 aliphatic carbocycles. The molecule has 0 aromatic heterocycles. The largest absolute Gasteiger partial charge is 0.378 e. The minimum Gasteiger partial charge on any atom is -0.378 e. The zero-order valence-electron chi connectivity index (χ0n) is 11.6. The zero-order valence-corrected chi connectivity index (χ0v) is 12.5. The van der Waals surface area contributed by atoms with Crippen molar-refractivity contribution in [3.63, 3.8) is 0 Å². The van der Waals surface area contributed by atoms with E-state index < -0.39 is 4.92 Å². The molecule has 0 atom stereocenters. The van der Waals surface area contributed by atoms with Gasteiger partial charge in [0.15, 0.2) is 0 Å². The van der Waals surface area contributed by atoms with Gasteiger partial charge in [-0.15, -0.1) is 0 Å². The van der Waals surface area contributed by atoms with Gasteiger partial charge < -0.3 is 10.6 Å². The lowest BCUT2D eigenvalue weighted by Gasteiger charge is -2.23. The minimum absolute atomic E-state index is 0.0113. The fourth-order valence-electron chi connectivity index (χ4n) is 1.93. The summed E-state index contributed by atoms with van der Waals surface area (Å²) in [5.41, 5.74) is 1.79. The lowest BCUT2D eigenvalue weighted by molar-refractivity contribution is -0.384. The van der Waals surface area contributed by atoms with Gasteiger partial charge in [-0.1, -0.05) is 0 Å². The molecule has 1 aliphatic rings. The number of carbonyl (C=O) groups excluding carboxylic acids is 1. The van der Waals surface area contributed by atoms with Crippen molar-refractivity contribution in [2.75, 3.05) is 23.4 Å². The van der Waals surface area contributed by atoms with Crippen LogP contribution in [-0.4, -0.2) is 28.4 Å². The van der Waals surface area contributed by atoms with Gasteiger partial charge in [0.1, 0.15) is 5.69 Å². The van der Waals surface area contributed by atoms with Crippen LogP contribution < -0.4 is 10.6 Å². The number of nitrogens with one attached hydrogen (secondary N) is 2. The van der Waals surface area contributed by atoms with E-state index in [1.165, 1.54) is 6.07 Å². The van der Waals surface area contributed by atoms with Crippen molar-refractivity contribution in [3.05, 3.63) is 27.8 Å². The highest BCUT2D eigenvalue weighted by atomic mass is 32.2. The standard InChI is InChI=1S/C13H17N3O3S/c1-13(2,20-3)7-14-10-6-9-8(5-12(17)15-9)4-11(10)16(18)19/h4,6,14H,5,7H2,1-3H3,(H,15,17). The second-order valence-corrected chi connectivity index (χ2v) is 6.84. The van der Waals surface area contributed by atoms with Gasteiger partial charge in [0.25, 0.3) is 5.69 Å². The molecule has 2 rings (SSSR count). The van der Waals surface area contributed by atoms with Gasteiger partial charge in [0.2, 0.25) is 5.91 Å². The van der Waals surface area contributed by atoms with Crippen LogP contribution in [0.1, 0.15) is 19.4 Å². The molecule has 0 spiro atoms. The molecule has 1 aromatic rings. The number of rotatable bonds is 5. The topological polar surface area (TPSA) is 84.3 Å². The third-order valence-corrected chi connectivity index (χ3v) is 4.55. The summed E-state index contributed by atoms with van der Waals surface area (Å²) in [4.78, 5) is 22.1. The maximum absolute atomic E-state index is 11.4. The average Bonchev–Trinajstić information content (AvgIpc) is 2.74. The van der Waals surface area contributed by atoms with Crippen LogP contribution in [0.15, 0.2) is 12.1 Å². The Morgan fingerprint density at radius 2 is 2.20 bits per heavy atom. The number of benzene rings is 1. The molecule has 0 radical (unpaired) electrons. The number of nitro groups is 1. The Morgan fingerprint density at radius 1 is 1.50 bits per heavy atom. The first kappa shape index (κ1) is 14.6. The predicted molar refractivity (Wildman–Crippen MR) is 81.5 cm³/mol. The van der Waals surface area contributed by atoms with Gasteiger partial charge in [-0.25, -0.2) is 0 Å². The van der Waals surface area contributed by atoms with E-state index in [0.29, 0.717) is 23.5 Å². The summed E-state index contributed by atoms with van der Waals surface area (Å²) in [5.74, 6) is -0.129. The normalized spacial score (nSPS) is 13.8. The molecule has 20 heavy (non-hydrogen) atoms. The highest BCUT2D eigenvalue weighted by Gasteiger charge is 2.25. The Bertz CT molecular complexity index is 572. The van der Waals surface area contributed by atoms with E-state index in [4.69, 9.17) is 0 Å². The third-order valence-electron chi connectivity index (χ3n) is 3.30. The molecule has 2 N–H and O–H groups in total. The second kappa shape index (κ2) is 5.32. The average molecular weight is 295 g/mol. The molecule has 108 valence electrons. The second-order valence-electron chi connectivity index (χ2n) is 5.33. The first-order valence-electron chi connectivity index (χ1n) is 6.22. The summed E-state index contributed by atoms with van der Waals surface area (Å²) in [7, 11) is 0. The van der Waals surface area contributed by atoms with Crippen LogP contribution in [-0.2, 0) is 11.2 Å². The molecule has 1 aliphatic heterocycles. The number of fused-ring (bicyclic) bond motifs is 1. The van der Waals surface area contributed by atoms with E-state index in [9.17, 15) is 14.9 Å². The van der Waals surface area contributed by atoms with E-state index in [2.05, 4.69) is 24.5 Å². The molecule has 0 saturated heterocycles. The Kier molecular flexibility index (Phi) is 3.89. The van der Waals surface area contributed by atoms with Gasteiger partial charge in [0.05, 0.1) is 11.3 Å². The number of thioether (sulfide) groups is 1. The van der Waals surface area contributed by atoms with Crippen LogP contribution in [0.2, 0.25) is 0 Å². The van der Waals surface area contributed by atoms with E-state index in [1.54, 1.807) is 17.8 Å². The number of hydrogen-bond donors (Lipinski definition) is 2. The Morgan fingerprint density at radius 3 is 2.80 bits per heavy atom. The molecule has 0 unspecified atom stereocenters. The third kappa shape index (κ3) is 3.04. The molecule has 7 heteroatoms. The van der Waals surface area contributed by atoms with Gasteiger partial charge in [-0.05, 0) is 31.7 Å². The van der Waals surface area contributed by atoms with Crippen LogP contribution in [0.3, 0.4) is 0 Å². The van der Waals surface area contributed by atoms with Gasteiger partial charge in [0, 0.05) is 23.0 Å². The summed E-state index contributed by atoms with van der Waals surface area (Å²) in [5, 5.41) is 17.0. The fourth-order valence-corrected chi connectivity index (χ4v) is 2.15. The summed E-state index contributed by atoms with van der Waals surface area (Å²) in [6.07, 6.45) is 2.20. The number of hydrogen-bond acceptors (Lipinski definition) is 5. The van der Waals surface area contributed by atoms with Crippen molar-refractivity contribution in [1.29, 1.82) is 0 Å². The highest BCUT2D eigenvalue weighted by molar-refractivity contribution is 7.99. The van der Waals surface area contributed by atoms with Crippen molar-refractivity contribution in [1.82, 2.24) is 0 Å². The lowest BCUT2D eigenvalue weighted by atomic mass is 10.1. The maximum atomic E-state index is 11.4. The fraction of sp³-hybridized carbons (Fsp3) is 0.462. The molecule has 0 fully saturated rings. The monoisotopic (exact) mass is 295 g/mol. The first-order valence-corrected chi connectivity index (χ1v) is 7.45. The number of amides is 1. The zero-order chi connectivity index (χ0) is 14.9. The van der Waals surface area contributed by atoms with Gasteiger partial charge in [-0.3, -0.25) is 14.9 Å². The molecule has 0 saturated carbocycles. The molecule has 1 aromatic carbocycles. The number of nitro benzene ring substituents is 1. The van der Waals surface area contributed by atoms with Crippen LogP contribution in [0.4, 0.5) is 17.1 Å². The quantitative estimate of drug-likeness (QED) is 0.644. The van der Waals surface area contributed by atoms with Crippen molar-refractivity contribution >= 4 is 34.7 Å². The van der Waals surface area contributed by atoms with Crippen LogP contribution in [0.5, 0.6) is 0 Å². The Hall–Kier alpha value is -1.76. The Labute approximate surface area is 121 Å². The van der Waals surface area contributed by atoms with E-state index in [0.717, 1.165) is 0 Å². The Balaban J connectivity index is 2.30. The number of nitrogens with zero attached hydrogens (tertiary/aromatic N) is 1. The van der Waals surface area contributed by atoms with Crippen molar-refractivity contribution in [2.45, 2.75) is 25.0 Å². The van der Waals surface area contributed by atoms with Crippen molar-refractivity contribution < 1.29 is 9.72 Å². The van der Waals surface area contributed by atoms with Crippen LogP contribution in [0, 0.1) is 10.1 Å². The molecule has 6 nitrogen and oxygen atoms in total. The van der Waals surface area contributed by atoms with E-state index >= 15 is 0 Å². The minimum atomic E-state index is -0.419. The van der Waals surface area contributed by atoms with Crippen molar-refractivity contribution in [3.8, 4) is 0 Å². The summed E-state index contributed by atoms with van der Waals surface area (Å²) < 4.78 is -0.0316. The predicted octanol–water partition coefficient (Wildman–Crippen LogP) is 2.64. The summed E-state index contributed by atoms with van der Waals surface area (Å²) in [6.45, 7) is 4.72. The molecule has 0 bridgehead atoms. The molecule has 1 amide bonds. The molecular formula is C13H17N3O3S. The van der Waals surface area contributed by atoms with Gasteiger partial charge in [-0.2, -0.15) is 11.8 Å². The van der Waals surface area contributed by atoms with Crippen molar-refractivity contribution in [2.24, 2.45) is 0 Å². The summed E-state index contributed by atoms with van der Waals surface area (Å²) >= 11 is 1.68. The number of anilines is 2. The lowest BCUT2D eigenvalue weighted by Crippen LogP contribution is -2.26. The molecule has 1 heterocycles. The maximum Gasteiger partial charge on any atom is 0.292 e. The van der Waals surface area contributed by atoms with E-state index in [1.807, 2.05) is 6.26 Å². The SMILES string of the molecule is CSC(C)(C)CNc1cc2c(cc1[N+](=O)[O-])CC(=O)N2. The van der Waals surface area contributed by atoms with E-state index in [-0.39, 0.29) is 22.8 Å².